The van der Waals surface area contributed by atoms with Crippen LogP contribution in [0.25, 0.3) is 0 Å². The number of aliphatic hydroxyl groups excluding tert-OH is 1. The molecule has 0 aliphatic rings. The number of nitriles is 1. The third-order valence-corrected chi connectivity index (χ3v) is 2.61. The van der Waals surface area contributed by atoms with E-state index in [1.54, 1.807) is 18.2 Å². The van der Waals surface area contributed by atoms with Gasteiger partial charge in [0.15, 0.2) is 11.5 Å². The van der Waals surface area contributed by atoms with Gasteiger partial charge in [0.1, 0.15) is 11.6 Å². The third-order valence-electron chi connectivity index (χ3n) is 2.61. The number of pyridine rings is 1. The van der Waals surface area contributed by atoms with Gasteiger partial charge in [-0.05, 0) is 23.8 Å². The molecule has 0 amide bonds. The zero-order chi connectivity index (χ0) is 14.5. The third kappa shape index (κ3) is 2.79. The van der Waals surface area contributed by atoms with Crippen LogP contribution in [0.2, 0.25) is 0 Å². The van der Waals surface area contributed by atoms with Crippen LogP contribution in [0.1, 0.15) is 11.1 Å². The number of nitrogens with zero attached hydrogens (tertiary/aromatic N) is 2. The zero-order valence-corrected chi connectivity index (χ0v) is 10.8. The SMILES string of the molecule is COc1cc(CO)ccc1Oc1ncc(N)cc1C#N. The molecule has 0 aliphatic heterocycles. The maximum Gasteiger partial charge on any atom is 0.237 e. The topological polar surface area (TPSA) is 101 Å². The van der Waals surface area contributed by atoms with E-state index in [1.807, 2.05) is 6.07 Å². The number of rotatable bonds is 4. The van der Waals surface area contributed by atoms with E-state index in [0.717, 1.165) is 0 Å². The highest BCUT2D eigenvalue weighted by Gasteiger charge is 2.11. The number of hydrogen-bond donors (Lipinski definition) is 2. The molecule has 20 heavy (non-hydrogen) atoms. The number of ether oxygens (including phenoxy) is 2. The predicted octanol–water partition coefficient (Wildman–Crippen LogP) is 1.83. The van der Waals surface area contributed by atoms with Gasteiger partial charge in [-0.1, -0.05) is 6.07 Å². The van der Waals surface area contributed by atoms with E-state index in [-0.39, 0.29) is 18.1 Å². The molecule has 2 aromatic rings. The Morgan fingerprint density at radius 2 is 2.15 bits per heavy atom. The summed E-state index contributed by atoms with van der Waals surface area (Å²) >= 11 is 0. The molecule has 6 heteroatoms. The maximum absolute atomic E-state index is 9.09. The second-order valence-corrected chi connectivity index (χ2v) is 3.98. The summed E-state index contributed by atoms with van der Waals surface area (Å²) in [4.78, 5) is 3.99. The standard InChI is InChI=1S/C14H13N3O3/c1-19-13-4-9(8-18)2-3-12(13)20-14-10(6-15)5-11(16)7-17-14/h2-5,7,18H,8,16H2,1H3. The van der Waals surface area contributed by atoms with Gasteiger partial charge in [-0.25, -0.2) is 4.98 Å². The molecule has 0 saturated heterocycles. The maximum atomic E-state index is 9.09. The van der Waals surface area contributed by atoms with Gasteiger partial charge >= 0.3 is 0 Å². The molecule has 1 aromatic heterocycles. The Labute approximate surface area is 116 Å². The Bertz CT molecular complexity index is 665. The first kappa shape index (κ1) is 13.6. The summed E-state index contributed by atoms with van der Waals surface area (Å²) in [5.74, 6) is 0.995. The Morgan fingerprint density at radius 3 is 2.80 bits per heavy atom. The van der Waals surface area contributed by atoms with Crippen LogP contribution in [-0.4, -0.2) is 17.2 Å². The Morgan fingerprint density at radius 1 is 1.35 bits per heavy atom. The molecule has 2 rings (SSSR count). The zero-order valence-electron chi connectivity index (χ0n) is 10.8. The van der Waals surface area contributed by atoms with Crippen molar-refractivity contribution in [1.82, 2.24) is 4.98 Å². The lowest BCUT2D eigenvalue weighted by Gasteiger charge is -2.11. The lowest BCUT2D eigenvalue weighted by molar-refractivity contribution is 0.280. The van der Waals surface area contributed by atoms with E-state index in [1.165, 1.54) is 19.4 Å². The first-order valence-corrected chi connectivity index (χ1v) is 5.79. The number of benzene rings is 1. The van der Waals surface area contributed by atoms with Gasteiger partial charge in [-0.2, -0.15) is 5.26 Å². The largest absolute Gasteiger partial charge is 0.493 e. The second kappa shape index (κ2) is 5.91. The summed E-state index contributed by atoms with van der Waals surface area (Å²) in [5, 5.41) is 18.1. The Kier molecular flexibility index (Phi) is 4.03. The lowest BCUT2D eigenvalue weighted by atomic mass is 10.2. The van der Waals surface area contributed by atoms with E-state index in [9.17, 15) is 0 Å². The van der Waals surface area contributed by atoms with Crippen molar-refractivity contribution >= 4 is 5.69 Å². The second-order valence-electron chi connectivity index (χ2n) is 3.98. The van der Waals surface area contributed by atoms with Gasteiger partial charge in [-0.3, -0.25) is 0 Å². The fourth-order valence-electron chi connectivity index (χ4n) is 1.63. The molecule has 102 valence electrons. The predicted molar refractivity (Wildman–Crippen MR) is 72.4 cm³/mol. The van der Waals surface area contributed by atoms with Crippen LogP contribution in [0.15, 0.2) is 30.5 Å². The molecule has 3 N–H and O–H groups in total. The van der Waals surface area contributed by atoms with Gasteiger partial charge in [0, 0.05) is 0 Å². The molecule has 0 saturated carbocycles. The monoisotopic (exact) mass is 271 g/mol. The van der Waals surface area contributed by atoms with Crippen molar-refractivity contribution in [2.45, 2.75) is 6.61 Å². The normalized spacial score (nSPS) is 9.85. The summed E-state index contributed by atoms with van der Waals surface area (Å²) in [6.45, 7) is -0.0970. The minimum Gasteiger partial charge on any atom is -0.493 e. The van der Waals surface area contributed by atoms with Crippen molar-refractivity contribution in [3.63, 3.8) is 0 Å². The molecule has 1 aromatic carbocycles. The van der Waals surface area contributed by atoms with Gasteiger partial charge in [0.2, 0.25) is 5.88 Å². The minimum atomic E-state index is -0.0970. The van der Waals surface area contributed by atoms with Crippen molar-refractivity contribution in [3.05, 3.63) is 41.6 Å². The molecule has 0 bridgehead atoms. The van der Waals surface area contributed by atoms with Crippen LogP contribution in [0.4, 0.5) is 5.69 Å². The van der Waals surface area contributed by atoms with Crippen molar-refractivity contribution in [3.8, 4) is 23.4 Å². The first-order chi connectivity index (χ1) is 9.67. The van der Waals surface area contributed by atoms with Gasteiger partial charge < -0.3 is 20.3 Å². The van der Waals surface area contributed by atoms with Crippen molar-refractivity contribution in [1.29, 1.82) is 5.26 Å². The minimum absolute atomic E-state index is 0.0970. The number of anilines is 1. The van der Waals surface area contributed by atoms with E-state index >= 15 is 0 Å². The number of aliphatic hydroxyl groups is 1. The quantitative estimate of drug-likeness (QED) is 0.879. The van der Waals surface area contributed by atoms with E-state index in [4.69, 9.17) is 25.6 Å². The molecule has 1 heterocycles. The average molecular weight is 271 g/mol. The summed E-state index contributed by atoms with van der Waals surface area (Å²) in [5.41, 5.74) is 6.88. The van der Waals surface area contributed by atoms with Crippen LogP contribution in [0.3, 0.4) is 0 Å². The van der Waals surface area contributed by atoms with E-state index in [0.29, 0.717) is 22.7 Å². The molecule has 0 spiro atoms. The summed E-state index contributed by atoms with van der Waals surface area (Å²) in [7, 11) is 1.49. The number of aromatic nitrogens is 1. The number of methoxy groups -OCH3 is 1. The Hall–Kier alpha value is -2.78. The van der Waals surface area contributed by atoms with E-state index < -0.39 is 0 Å². The highest BCUT2D eigenvalue weighted by atomic mass is 16.5. The number of hydrogen-bond acceptors (Lipinski definition) is 6. The highest BCUT2D eigenvalue weighted by Crippen LogP contribution is 2.33. The summed E-state index contributed by atoms with van der Waals surface area (Å²) in [6, 6.07) is 8.44. The average Bonchev–Trinajstić information content (AvgIpc) is 2.49. The number of nitrogen functional groups attached to an aromatic ring is 1. The van der Waals surface area contributed by atoms with Crippen LogP contribution in [0.5, 0.6) is 17.4 Å². The van der Waals surface area contributed by atoms with Gasteiger partial charge in [0.25, 0.3) is 0 Å². The van der Waals surface area contributed by atoms with Gasteiger partial charge in [-0.15, -0.1) is 0 Å². The fraction of sp³-hybridized carbons (Fsp3) is 0.143. The summed E-state index contributed by atoms with van der Waals surface area (Å²) < 4.78 is 10.8. The van der Waals surface area contributed by atoms with Crippen LogP contribution >= 0.6 is 0 Å². The first-order valence-electron chi connectivity index (χ1n) is 5.79. The number of nitrogens with two attached hydrogens (primary N) is 1. The molecule has 0 fully saturated rings. The Balaban J connectivity index is 2.37. The van der Waals surface area contributed by atoms with E-state index in [2.05, 4.69) is 4.98 Å². The molecule has 6 nitrogen and oxygen atoms in total. The van der Waals surface area contributed by atoms with Crippen LogP contribution < -0.4 is 15.2 Å². The van der Waals surface area contributed by atoms with Crippen LogP contribution in [0, 0.1) is 11.3 Å². The molecule has 0 atom stereocenters. The molecule has 0 unspecified atom stereocenters. The van der Waals surface area contributed by atoms with Crippen molar-refractivity contribution in [2.24, 2.45) is 0 Å². The molecular weight excluding hydrogens is 258 g/mol. The smallest absolute Gasteiger partial charge is 0.237 e. The molecular formula is C14H13N3O3. The van der Waals surface area contributed by atoms with Crippen molar-refractivity contribution in [2.75, 3.05) is 12.8 Å². The van der Waals surface area contributed by atoms with Crippen LogP contribution in [-0.2, 0) is 6.61 Å². The molecule has 0 radical (unpaired) electrons. The highest BCUT2D eigenvalue weighted by molar-refractivity contribution is 5.51. The lowest BCUT2D eigenvalue weighted by Crippen LogP contribution is -1.97. The van der Waals surface area contributed by atoms with Crippen molar-refractivity contribution < 1.29 is 14.6 Å². The summed E-state index contributed by atoms with van der Waals surface area (Å²) in [6.07, 6.45) is 1.41. The molecule has 0 aliphatic carbocycles. The fourth-order valence-corrected chi connectivity index (χ4v) is 1.63. The van der Waals surface area contributed by atoms with Gasteiger partial charge in [0.05, 0.1) is 25.6 Å².